The van der Waals surface area contributed by atoms with Crippen LogP contribution in [0, 0.1) is 0 Å². The van der Waals surface area contributed by atoms with E-state index >= 15 is 0 Å². The van der Waals surface area contributed by atoms with Crippen LogP contribution in [0.3, 0.4) is 0 Å². The zero-order chi connectivity index (χ0) is 33.1. The third-order valence-electron chi connectivity index (χ3n) is 5.92. The van der Waals surface area contributed by atoms with Crippen molar-refractivity contribution >= 4 is 30.2 Å². The van der Waals surface area contributed by atoms with Gasteiger partial charge >= 0.3 is 30.2 Å². The molecule has 0 aromatic heterocycles. The van der Waals surface area contributed by atoms with Crippen molar-refractivity contribution in [2.75, 3.05) is 19.8 Å². The van der Waals surface area contributed by atoms with Crippen molar-refractivity contribution in [2.24, 2.45) is 0 Å². The number of hydrogen-bond donors (Lipinski definition) is 0. The van der Waals surface area contributed by atoms with Gasteiger partial charge in [0.15, 0.2) is 0 Å². The molecule has 3 aromatic rings. The van der Waals surface area contributed by atoms with E-state index in [1.165, 1.54) is 72.8 Å². The smallest absolute Gasteiger partial charge is 0.463 e. The summed E-state index contributed by atoms with van der Waals surface area (Å²) in [6, 6.07) is 17.4. The van der Waals surface area contributed by atoms with Gasteiger partial charge in [-0.25, -0.2) is 24.0 Å². The van der Waals surface area contributed by atoms with Gasteiger partial charge in [0.25, 0.3) is 0 Å². The van der Waals surface area contributed by atoms with Crippen LogP contribution < -0.4 is 18.9 Å². The molecule has 0 fully saturated rings. The van der Waals surface area contributed by atoms with Crippen LogP contribution >= 0.6 is 0 Å². The Morgan fingerprint density at radius 3 is 1.30 bits per heavy atom. The second-order valence-electron chi connectivity index (χ2n) is 9.49. The van der Waals surface area contributed by atoms with Gasteiger partial charge in [0.1, 0.15) is 23.0 Å². The van der Waals surface area contributed by atoms with Gasteiger partial charge in [-0.3, -0.25) is 0 Å². The molecule has 0 aliphatic rings. The number of benzene rings is 3. The van der Waals surface area contributed by atoms with Crippen molar-refractivity contribution in [2.45, 2.75) is 39.0 Å². The van der Waals surface area contributed by atoms with Gasteiger partial charge in [-0.1, -0.05) is 13.5 Å². The van der Waals surface area contributed by atoms with E-state index in [-0.39, 0.29) is 47.3 Å². The lowest BCUT2D eigenvalue weighted by molar-refractivity contribution is -0.137. The molecule has 46 heavy (non-hydrogen) atoms. The fourth-order valence-electron chi connectivity index (χ4n) is 3.61. The predicted molar refractivity (Wildman–Crippen MR) is 163 cm³/mol. The SMILES string of the molecule is C=CC(=O)OCCCCCCOC(=O)Oc1ccc(C(=O)Oc2ccc(OC(=O)c3ccc(OC(=O)OCCC)cc3)cc2)cc1. The summed E-state index contributed by atoms with van der Waals surface area (Å²) >= 11 is 0. The van der Waals surface area contributed by atoms with E-state index in [0.29, 0.717) is 25.9 Å². The van der Waals surface area contributed by atoms with Gasteiger partial charge in [0.05, 0.1) is 30.9 Å². The summed E-state index contributed by atoms with van der Waals surface area (Å²) in [4.78, 5) is 59.4. The van der Waals surface area contributed by atoms with E-state index in [0.717, 1.165) is 18.9 Å². The molecule has 0 saturated carbocycles. The topological polar surface area (TPSA) is 150 Å². The lowest BCUT2D eigenvalue weighted by atomic mass is 10.2. The third-order valence-corrected chi connectivity index (χ3v) is 5.92. The molecule has 3 rings (SSSR count). The summed E-state index contributed by atoms with van der Waals surface area (Å²) in [5, 5.41) is 0. The van der Waals surface area contributed by atoms with Gasteiger partial charge in [-0.2, -0.15) is 0 Å². The van der Waals surface area contributed by atoms with Crippen LogP contribution in [0.5, 0.6) is 23.0 Å². The zero-order valence-electron chi connectivity index (χ0n) is 25.3. The first kappa shape index (κ1) is 34.8. The van der Waals surface area contributed by atoms with E-state index in [9.17, 15) is 24.0 Å². The zero-order valence-corrected chi connectivity index (χ0v) is 25.3. The lowest BCUT2D eigenvalue weighted by Gasteiger charge is -2.08. The second-order valence-corrected chi connectivity index (χ2v) is 9.49. The molecule has 12 nitrogen and oxygen atoms in total. The summed E-state index contributed by atoms with van der Waals surface area (Å²) in [6.45, 7) is 5.92. The average molecular weight is 635 g/mol. The molecule has 0 atom stereocenters. The number of carbonyl (C=O) groups is 5. The first-order valence-electron chi connectivity index (χ1n) is 14.5. The maximum absolute atomic E-state index is 12.6. The summed E-state index contributed by atoms with van der Waals surface area (Å²) in [5.41, 5.74) is 0.434. The van der Waals surface area contributed by atoms with Crippen LogP contribution in [0.15, 0.2) is 85.5 Å². The number of unbranched alkanes of at least 4 members (excludes halogenated alkanes) is 3. The number of esters is 3. The molecule has 0 unspecified atom stereocenters. The Labute approximate surface area is 265 Å². The van der Waals surface area contributed by atoms with E-state index in [4.69, 9.17) is 33.2 Å². The Hall–Kier alpha value is -5.65. The maximum atomic E-state index is 12.6. The Bertz CT molecular complexity index is 1460. The lowest BCUT2D eigenvalue weighted by Crippen LogP contribution is -2.12. The number of ether oxygens (including phenoxy) is 7. The summed E-state index contributed by atoms with van der Waals surface area (Å²) < 4.78 is 35.6. The Morgan fingerprint density at radius 1 is 0.522 bits per heavy atom. The first-order chi connectivity index (χ1) is 22.3. The van der Waals surface area contributed by atoms with Crippen molar-refractivity contribution in [1.29, 1.82) is 0 Å². The minimum atomic E-state index is -0.869. The normalized spacial score (nSPS) is 10.2. The maximum Gasteiger partial charge on any atom is 0.513 e. The van der Waals surface area contributed by atoms with Crippen LogP contribution in [-0.4, -0.2) is 50.0 Å². The van der Waals surface area contributed by atoms with Gasteiger partial charge < -0.3 is 33.2 Å². The summed E-state index contributed by atoms with van der Waals surface area (Å²) in [7, 11) is 0. The van der Waals surface area contributed by atoms with Crippen LogP contribution in [0.25, 0.3) is 0 Å². The fourth-order valence-corrected chi connectivity index (χ4v) is 3.61. The third kappa shape index (κ3) is 12.5. The summed E-state index contributed by atoms with van der Waals surface area (Å²) in [5.74, 6) is -0.916. The van der Waals surface area contributed by atoms with E-state index in [2.05, 4.69) is 6.58 Å². The van der Waals surface area contributed by atoms with Gasteiger partial charge in [0.2, 0.25) is 0 Å². The van der Waals surface area contributed by atoms with Crippen molar-refractivity contribution in [1.82, 2.24) is 0 Å². The Morgan fingerprint density at radius 2 is 0.891 bits per heavy atom. The molecule has 0 radical (unpaired) electrons. The molecule has 0 heterocycles. The molecule has 3 aromatic carbocycles. The summed E-state index contributed by atoms with van der Waals surface area (Å²) in [6.07, 6.45) is 3.01. The van der Waals surface area contributed by atoms with Gasteiger partial charge in [-0.15, -0.1) is 0 Å². The molecule has 0 aliphatic carbocycles. The minimum absolute atomic E-state index is 0.175. The molecule has 0 saturated heterocycles. The molecule has 0 bridgehead atoms. The predicted octanol–water partition coefficient (Wildman–Crippen LogP) is 6.86. The highest BCUT2D eigenvalue weighted by molar-refractivity contribution is 5.92. The molecule has 0 N–H and O–H groups in total. The van der Waals surface area contributed by atoms with Crippen molar-refractivity contribution < 1.29 is 57.1 Å². The van der Waals surface area contributed by atoms with Gasteiger partial charge in [-0.05, 0) is 105 Å². The quantitative estimate of drug-likeness (QED) is 0.0405. The number of hydrogen-bond acceptors (Lipinski definition) is 12. The first-order valence-corrected chi connectivity index (χ1v) is 14.5. The minimum Gasteiger partial charge on any atom is -0.463 e. The van der Waals surface area contributed by atoms with Crippen LogP contribution in [0.4, 0.5) is 9.59 Å². The standard InChI is InChI=1S/C34H34O12/c1-3-21-41-33(38)45-28-13-9-24(10-14-28)31(36)43-26-17-19-27(20-18-26)44-32(37)25-11-15-29(16-12-25)46-34(39)42-23-8-6-5-7-22-40-30(35)4-2/h4,9-20H,2-3,5-8,21-23H2,1H3. The van der Waals surface area contributed by atoms with Crippen molar-refractivity contribution in [3.05, 3.63) is 96.6 Å². The van der Waals surface area contributed by atoms with Crippen LogP contribution in [-0.2, 0) is 19.0 Å². The van der Waals surface area contributed by atoms with Crippen LogP contribution in [0.2, 0.25) is 0 Å². The molecular weight excluding hydrogens is 600 g/mol. The number of rotatable bonds is 16. The number of carbonyl (C=O) groups excluding carboxylic acids is 5. The fraction of sp³-hybridized carbons (Fsp3) is 0.265. The van der Waals surface area contributed by atoms with E-state index in [1.807, 2.05) is 6.92 Å². The Kier molecular flexibility index (Phi) is 14.3. The van der Waals surface area contributed by atoms with Gasteiger partial charge in [0, 0.05) is 6.08 Å². The van der Waals surface area contributed by atoms with Crippen LogP contribution in [0.1, 0.15) is 59.7 Å². The molecule has 0 amide bonds. The largest absolute Gasteiger partial charge is 0.513 e. The molecular formula is C34H34O12. The highest BCUT2D eigenvalue weighted by atomic mass is 16.7. The van der Waals surface area contributed by atoms with E-state index in [1.54, 1.807) is 0 Å². The van der Waals surface area contributed by atoms with E-state index < -0.39 is 30.2 Å². The van der Waals surface area contributed by atoms with Crippen molar-refractivity contribution in [3.63, 3.8) is 0 Å². The molecule has 242 valence electrons. The molecule has 0 aliphatic heterocycles. The monoisotopic (exact) mass is 634 g/mol. The molecule has 0 spiro atoms. The highest BCUT2D eigenvalue weighted by Gasteiger charge is 2.13. The Balaban J connectivity index is 1.37. The second kappa shape index (κ2) is 18.9. The molecule has 12 heteroatoms. The van der Waals surface area contributed by atoms with Crippen molar-refractivity contribution in [3.8, 4) is 23.0 Å². The average Bonchev–Trinajstić information content (AvgIpc) is 3.06. The highest BCUT2D eigenvalue weighted by Crippen LogP contribution is 2.21.